The van der Waals surface area contributed by atoms with Gasteiger partial charge in [0.2, 0.25) is 15.9 Å². The maximum atomic E-state index is 13.5. The summed E-state index contributed by atoms with van der Waals surface area (Å²) in [5.74, 6) is -0.0396. The molecule has 0 saturated carbocycles. The zero-order valence-electron chi connectivity index (χ0n) is 21.4. The maximum Gasteiger partial charge on any atom is 0.264 e. The Kier molecular flexibility index (Phi) is 9.16. The second-order valence-corrected chi connectivity index (χ2v) is 13.2. The van der Waals surface area contributed by atoms with Crippen LogP contribution >= 0.6 is 11.6 Å². The summed E-state index contributed by atoms with van der Waals surface area (Å²) in [6.45, 7) is 2.75. The van der Waals surface area contributed by atoms with Crippen molar-refractivity contribution in [2.45, 2.75) is 36.0 Å². The van der Waals surface area contributed by atoms with Gasteiger partial charge in [-0.05, 0) is 92.6 Å². The average molecular weight is 592 g/mol. The quantitative estimate of drug-likeness (QED) is 0.364. The van der Waals surface area contributed by atoms with Gasteiger partial charge in [0.25, 0.3) is 10.0 Å². The molecule has 9 nitrogen and oxygen atoms in total. The molecule has 1 fully saturated rings. The topological polar surface area (TPSA) is 113 Å². The second kappa shape index (κ2) is 12.4. The molecule has 0 spiro atoms. The summed E-state index contributed by atoms with van der Waals surface area (Å²) in [5.41, 5.74) is 0.611. The van der Waals surface area contributed by atoms with Gasteiger partial charge in [-0.2, -0.15) is 4.31 Å². The SMILES string of the molecule is CCOc1ccc(N(CC(=O)Nc2ccc(S(=O)(=O)N3CCCCC3)cc2)S(=O)(=O)c2ccc(Cl)cc2)cc1. The van der Waals surface area contributed by atoms with E-state index in [1.54, 1.807) is 24.3 Å². The molecule has 3 aromatic rings. The third kappa shape index (κ3) is 6.91. The van der Waals surface area contributed by atoms with E-state index in [4.69, 9.17) is 16.3 Å². The van der Waals surface area contributed by atoms with Gasteiger partial charge < -0.3 is 10.1 Å². The van der Waals surface area contributed by atoms with Crippen LogP contribution in [0.4, 0.5) is 11.4 Å². The van der Waals surface area contributed by atoms with Gasteiger partial charge in [0.05, 0.1) is 22.1 Å². The number of rotatable bonds is 10. The molecule has 0 unspecified atom stereocenters. The van der Waals surface area contributed by atoms with E-state index in [1.807, 2.05) is 6.92 Å². The fourth-order valence-corrected chi connectivity index (χ4v) is 7.28. The average Bonchev–Trinajstić information content (AvgIpc) is 2.93. The van der Waals surface area contributed by atoms with E-state index in [9.17, 15) is 21.6 Å². The fourth-order valence-electron chi connectivity index (χ4n) is 4.22. The second-order valence-electron chi connectivity index (χ2n) is 8.93. The van der Waals surface area contributed by atoms with Crippen LogP contribution in [0.1, 0.15) is 26.2 Å². The Morgan fingerprint density at radius 2 is 1.46 bits per heavy atom. The molecule has 1 aliphatic rings. The number of carbonyl (C=O) groups is 1. The summed E-state index contributed by atoms with van der Waals surface area (Å²) in [4.78, 5) is 13.2. The lowest BCUT2D eigenvalue weighted by Crippen LogP contribution is -2.38. The van der Waals surface area contributed by atoms with Crippen LogP contribution in [-0.4, -0.2) is 53.3 Å². The van der Waals surface area contributed by atoms with Crippen molar-refractivity contribution >= 4 is 48.9 Å². The van der Waals surface area contributed by atoms with Gasteiger partial charge in [-0.25, -0.2) is 16.8 Å². The lowest BCUT2D eigenvalue weighted by molar-refractivity contribution is -0.114. The zero-order valence-corrected chi connectivity index (χ0v) is 23.8. The van der Waals surface area contributed by atoms with E-state index >= 15 is 0 Å². The molecule has 39 heavy (non-hydrogen) atoms. The van der Waals surface area contributed by atoms with Crippen LogP contribution in [0.15, 0.2) is 82.6 Å². The van der Waals surface area contributed by atoms with Gasteiger partial charge in [-0.1, -0.05) is 18.0 Å². The molecule has 1 amide bonds. The number of hydrogen-bond donors (Lipinski definition) is 1. The molecule has 1 aliphatic heterocycles. The number of piperidine rings is 1. The number of benzene rings is 3. The predicted molar refractivity (Wildman–Crippen MR) is 151 cm³/mol. The Morgan fingerprint density at radius 1 is 0.872 bits per heavy atom. The molecule has 4 rings (SSSR count). The van der Waals surface area contributed by atoms with E-state index in [0.29, 0.717) is 36.2 Å². The molecule has 3 aromatic carbocycles. The first-order valence-electron chi connectivity index (χ1n) is 12.5. The van der Waals surface area contributed by atoms with Crippen molar-refractivity contribution in [1.29, 1.82) is 0 Å². The first-order valence-corrected chi connectivity index (χ1v) is 15.8. The number of sulfonamides is 2. The van der Waals surface area contributed by atoms with Crippen molar-refractivity contribution in [3.63, 3.8) is 0 Å². The zero-order chi connectivity index (χ0) is 28.0. The third-order valence-corrected chi connectivity index (χ3v) is 10.2. The minimum absolute atomic E-state index is 0.0270. The van der Waals surface area contributed by atoms with Crippen molar-refractivity contribution in [2.24, 2.45) is 0 Å². The van der Waals surface area contributed by atoms with Crippen molar-refractivity contribution in [3.8, 4) is 5.75 Å². The summed E-state index contributed by atoms with van der Waals surface area (Å²) < 4.78 is 60.8. The third-order valence-electron chi connectivity index (χ3n) is 6.22. The summed E-state index contributed by atoms with van der Waals surface area (Å²) >= 11 is 5.94. The van der Waals surface area contributed by atoms with E-state index in [2.05, 4.69) is 5.32 Å². The number of nitrogens with zero attached hydrogens (tertiary/aromatic N) is 2. The molecule has 12 heteroatoms. The Morgan fingerprint density at radius 3 is 2.05 bits per heavy atom. The number of nitrogens with one attached hydrogen (secondary N) is 1. The highest BCUT2D eigenvalue weighted by atomic mass is 35.5. The number of hydrogen-bond acceptors (Lipinski definition) is 6. The van der Waals surface area contributed by atoms with Crippen LogP contribution in [0, 0.1) is 0 Å². The predicted octanol–water partition coefficient (Wildman–Crippen LogP) is 4.75. The van der Waals surface area contributed by atoms with Crippen LogP contribution in [0.3, 0.4) is 0 Å². The monoisotopic (exact) mass is 591 g/mol. The first-order chi connectivity index (χ1) is 18.6. The van der Waals surface area contributed by atoms with E-state index in [-0.39, 0.29) is 15.5 Å². The van der Waals surface area contributed by atoms with Gasteiger partial charge in [-0.3, -0.25) is 9.10 Å². The molecule has 0 aliphatic carbocycles. The molecule has 0 aromatic heterocycles. The number of ether oxygens (including phenoxy) is 1. The standard InChI is InChI=1S/C27H30ClN3O6S2/c1-2-37-24-12-10-23(11-13-24)31(39(35,36)26-14-6-21(28)7-15-26)20-27(32)29-22-8-16-25(17-9-22)38(33,34)30-18-4-3-5-19-30/h6-17H,2-5,18-20H2,1H3,(H,29,32). The lowest BCUT2D eigenvalue weighted by Gasteiger charge is -2.26. The summed E-state index contributed by atoms with van der Waals surface area (Å²) in [7, 11) is -7.74. The van der Waals surface area contributed by atoms with Crippen LogP contribution in [-0.2, 0) is 24.8 Å². The van der Waals surface area contributed by atoms with Crippen molar-refractivity contribution in [2.75, 3.05) is 35.9 Å². The van der Waals surface area contributed by atoms with Gasteiger partial charge >= 0.3 is 0 Å². The van der Waals surface area contributed by atoms with Gasteiger partial charge in [0.1, 0.15) is 12.3 Å². The molecule has 0 radical (unpaired) electrons. The highest BCUT2D eigenvalue weighted by Crippen LogP contribution is 2.27. The Hall–Kier alpha value is -3.12. The minimum Gasteiger partial charge on any atom is -0.494 e. The molecule has 0 bridgehead atoms. The molecule has 0 atom stereocenters. The van der Waals surface area contributed by atoms with Crippen molar-refractivity contribution in [1.82, 2.24) is 4.31 Å². The lowest BCUT2D eigenvalue weighted by atomic mass is 10.2. The number of carbonyl (C=O) groups excluding carboxylic acids is 1. The van der Waals surface area contributed by atoms with Crippen LogP contribution in [0.25, 0.3) is 0 Å². The fraction of sp³-hybridized carbons (Fsp3) is 0.296. The van der Waals surface area contributed by atoms with E-state index in [1.165, 1.54) is 52.8 Å². The number of halogens is 1. The molecular formula is C27H30ClN3O6S2. The molecule has 208 valence electrons. The van der Waals surface area contributed by atoms with E-state index in [0.717, 1.165) is 23.6 Å². The van der Waals surface area contributed by atoms with Gasteiger partial charge in [0, 0.05) is 23.8 Å². The molecular weight excluding hydrogens is 562 g/mol. The van der Waals surface area contributed by atoms with Crippen molar-refractivity contribution < 1.29 is 26.4 Å². The van der Waals surface area contributed by atoms with Crippen LogP contribution < -0.4 is 14.4 Å². The minimum atomic E-state index is -4.13. The Labute approximate surface area is 234 Å². The summed E-state index contributed by atoms with van der Waals surface area (Å²) in [5, 5.41) is 3.05. The maximum absolute atomic E-state index is 13.5. The number of anilines is 2. The van der Waals surface area contributed by atoms with Crippen LogP contribution in [0.2, 0.25) is 5.02 Å². The highest BCUT2D eigenvalue weighted by molar-refractivity contribution is 7.92. The van der Waals surface area contributed by atoms with Crippen LogP contribution in [0.5, 0.6) is 5.75 Å². The number of amides is 1. The molecule has 1 N–H and O–H groups in total. The first kappa shape index (κ1) is 28.9. The highest BCUT2D eigenvalue weighted by Gasteiger charge is 2.28. The largest absolute Gasteiger partial charge is 0.494 e. The van der Waals surface area contributed by atoms with Crippen molar-refractivity contribution in [3.05, 3.63) is 77.8 Å². The normalized spacial score (nSPS) is 14.5. The van der Waals surface area contributed by atoms with E-state index < -0.39 is 32.5 Å². The summed E-state index contributed by atoms with van der Waals surface area (Å²) in [6.07, 6.45) is 2.67. The Balaban J connectivity index is 1.54. The smallest absolute Gasteiger partial charge is 0.264 e. The van der Waals surface area contributed by atoms with Gasteiger partial charge in [0.15, 0.2) is 0 Å². The summed E-state index contributed by atoms with van der Waals surface area (Å²) in [6, 6.07) is 17.9. The Bertz CT molecular complexity index is 1490. The van der Waals surface area contributed by atoms with Gasteiger partial charge in [-0.15, -0.1) is 0 Å². The molecule has 1 heterocycles. The molecule has 1 saturated heterocycles.